The van der Waals surface area contributed by atoms with Crippen LogP contribution in [0.25, 0.3) is 0 Å². The second-order valence-electron chi connectivity index (χ2n) is 6.60. The molecule has 20 heavy (non-hydrogen) atoms. The maximum Gasteiger partial charge on any atom is 0.0572 e. The lowest BCUT2D eigenvalue weighted by Gasteiger charge is -2.26. The number of rotatable bonds is 8. The second-order valence-corrected chi connectivity index (χ2v) is 6.60. The maximum absolute atomic E-state index is 4.25. The number of hydrogen-bond acceptors (Lipinski definition) is 3. The molecule has 0 spiro atoms. The molecular formula is C17H31N3. The summed E-state index contributed by atoms with van der Waals surface area (Å²) in [5.74, 6) is 2.06. The van der Waals surface area contributed by atoms with Crippen LogP contribution in [0.15, 0.2) is 18.5 Å². The molecule has 1 rings (SSSR count). The Kier molecular flexibility index (Phi) is 7.00. The smallest absolute Gasteiger partial charge is 0.0572 e. The van der Waals surface area contributed by atoms with Gasteiger partial charge in [0.2, 0.25) is 0 Å². The third-order valence-electron chi connectivity index (χ3n) is 3.85. The second kappa shape index (κ2) is 8.25. The van der Waals surface area contributed by atoms with Crippen molar-refractivity contribution < 1.29 is 0 Å². The molecule has 0 aliphatic carbocycles. The van der Waals surface area contributed by atoms with Gasteiger partial charge in [0.05, 0.1) is 11.9 Å². The lowest BCUT2D eigenvalue weighted by atomic mass is 9.85. The summed E-state index contributed by atoms with van der Waals surface area (Å²) >= 11 is 0. The average Bonchev–Trinajstić information content (AvgIpc) is 2.36. The first-order valence-corrected chi connectivity index (χ1v) is 7.82. The molecule has 2 N–H and O–H groups in total. The Bertz CT molecular complexity index is 378. The fourth-order valence-corrected chi connectivity index (χ4v) is 2.52. The third kappa shape index (κ3) is 5.49. The highest BCUT2D eigenvalue weighted by atomic mass is 14.9. The molecule has 0 bridgehead atoms. The molecule has 114 valence electrons. The average molecular weight is 277 g/mol. The first-order valence-electron chi connectivity index (χ1n) is 7.82. The predicted octanol–water partition coefficient (Wildman–Crippen LogP) is 3.92. The van der Waals surface area contributed by atoms with Gasteiger partial charge >= 0.3 is 0 Å². The minimum Gasteiger partial charge on any atom is -0.383 e. The van der Waals surface area contributed by atoms with Crippen molar-refractivity contribution in [2.24, 2.45) is 17.8 Å². The highest BCUT2D eigenvalue weighted by Gasteiger charge is 2.17. The molecule has 3 nitrogen and oxygen atoms in total. The van der Waals surface area contributed by atoms with Crippen molar-refractivity contribution in [1.29, 1.82) is 0 Å². The molecule has 3 heteroatoms. The maximum atomic E-state index is 4.25. The molecular weight excluding hydrogens is 246 g/mol. The molecule has 0 saturated heterocycles. The van der Waals surface area contributed by atoms with Gasteiger partial charge in [-0.25, -0.2) is 0 Å². The van der Waals surface area contributed by atoms with E-state index in [9.17, 15) is 0 Å². The van der Waals surface area contributed by atoms with Gasteiger partial charge in [-0.05, 0) is 29.4 Å². The quantitative estimate of drug-likeness (QED) is 0.756. The van der Waals surface area contributed by atoms with Crippen LogP contribution in [-0.2, 0) is 6.54 Å². The van der Waals surface area contributed by atoms with E-state index in [1.807, 2.05) is 12.4 Å². The van der Waals surface area contributed by atoms with Crippen molar-refractivity contribution in [3.8, 4) is 0 Å². The Morgan fingerprint density at radius 3 is 2.25 bits per heavy atom. The molecule has 0 atom stereocenters. The van der Waals surface area contributed by atoms with Gasteiger partial charge in [-0.2, -0.15) is 0 Å². The third-order valence-corrected chi connectivity index (χ3v) is 3.85. The van der Waals surface area contributed by atoms with Gasteiger partial charge in [0, 0.05) is 25.3 Å². The zero-order valence-corrected chi connectivity index (χ0v) is 13.9. The van der Waals surface area contributed by atoms with Crippen LogP contribution >= 0.6 is 0 Å². The number of nitrogens with zero attached hydrogens (tertiary/aromatic N) is 1. The molecule has 0 unspecified atom stereocenters. The van der Waals surface area contributed by atoms with Crippen LogP contribution in [-0.4, -0.2) is 17.6 Å². The predicted molar refractivity (Wildman–Crippen MR) is 87.9 cm³/mol. The van der Waals surface area contributed by atoms with Crippen molar-refractivity contribution in [3.05, 3.63) is 24.0 Å². The monoisotopic (exact) mass is 277 g/mol. The van der Waals surface area contributed by atoms with Crippen molar-refractivity contribution in [2.45, 2.75) is 54.1 Å². The van der Waals surface area contributed by atoms with E-state index in [2.05, 4.69) is 63.2 Å². The molecule has 1 heterocycles. The van der Waals surface area contributed by atoms with E-state index < -0.39 is 0 Å². The first-order chi connectivity index (χ1) is 9.41. The van der Waals surface area contributed by atoms with Gasteiger partial charge in [-0.1, -0.05) is 41.5 Å². The number of anilines is 1. The number of hydrogen-bond donors (Lipinski definition) is 2. The molecule has 0 aromatic carbocycles. The summed E-state index contributed by atoms with van der Waals surface area (Å²) in [5.41, 5.74) is 2.45. The SMILES string of the molecule is CC(C)NCc1ccncc1NCC(C(C)C)C(C)C. The van der Waals surface area contributed by atoms with Gasteiger partial charge in [0.1, 0.15) is 0 Å². The van der Waals surface area contributed by atoms with Gasteiger partial charge in [-0.3, -0.25) is 4.98 Å². The van der Waals surface area contributed by atoms with Crippen LogP contribution < -0.4 is 10.6 Å². The van der Waals surface area contributed by atoms with E-state index in [1.54, 1.807) is 0 Å². The van der Waals surface area contributed by atoms with E-state index in [4.69, 9.17) is 0 Å². The van der Waals surface area contributed by atoms with Crippen LogP contribution in [0, 0.1) is 17.8 Å². The van der Waals surface area contributed by atoms with Crippen LogP contribution in [0.2, 0.25) is 0 Å². The largest absolute Gasteiger partial charge is 0.383 e. The molecule has 0 saturated carbocycles. The van der Waals surface area contributed by atoms with Crippen LogP contribution in [0.1, 0.15) is 47.1 Å². The van der Waals surface area contributed by atoms with Crippen LogP contribution in [0.3, 0.4) is 0 Å². The van der Waals surface area contributed by atoms with Gasteiger partial charge in [0.25, 0.3) is 0 Å². The highest BCUT2D eigenvalue weighted by Crippen LogP contribution is 2.22. The standard InChI is InChI=1S/C17H31N3/c1-12(2)16(13(3)4)10-20-17-11-18-8-7-15(17)9-19-14(5)6/h7-8,11-14,16,19-20H,9-10H2,1-6H3. The number of aromatic nitrogens is 1. The Labute approximate surface area is 124 Å². The topological polar surface area (TPSA) is 37.0 Å². The summed E-state index contributed by atoms with van der Waals surface area (Å²) in [6.45, 7) is 15.4. The minimum absolute atomic E-state index is 0.495. The molecule has 0 aliphatic heterocycles. The molecule has 0 amide bonds. The molecule has 1 aromatic rings. The van der Waals surface area contributed by atoms with E-state index in [0.29, 0.717) is 23.8 Å². The van der Waals surface area contributed by atoms with E-state index in [0.717, 1.165) is 18.8 Å². The van der Waals surface area contributed by atoms with E-state index in [1.165, 1.54) is 5.56 Å². The Hall–Kier alpha value is -1.09. The summed E-state index contributed by atoms with van der Waals surface area (Å²) in [5, 5.41) is 7.06. The van der Waals surface area contributed by atoms with Crippen molar-refractivity contribution >= 4 is 5.69 Å². The fourth-order valence-electron chi connectivity index (χ4n) is 2.52. The summed E-state index contributed by atoms with van der Waals surface area (Å²) < 4.78 is 0. The zero-order chi connectivity index (χ0) is 15.1. The summed E-state index contributed by atoms with van der Waals surface area (Å²) in [6.07, 6.45) is 3.81. The Morgan fingerprint density at radius 2 is 1.70 bits per heavy atom. The lowest BCUT2D eigenvalue weighted by Crippen LogP contribution is -2.26. The number of nitrogens with one attached hydrogen (secondary N) is 2. The van der Waals surface area contributed by atoms with Gasteiger partial charge in [-0.15, -0.1) is 0 Å². The lowest BCUT2D eigenvalue weighted by molar-refractivity contribution is 0.304. The van der Waals surface area contributed by atoms with E-state index in [-0.39, 0.29) is 0 Å². The van der Waals surface area contributed by atoms with Gasteiger partial charge < -0.3 is 10.6 Å². The minimum atomic E-state index is 0.495. The van der Waals surface area contributed by atoms with Crippen molar-refractivity contribution in [3.63, 3.8) is 0 Å². The molecule has 0 aliphatic rings. The summed E-state index contributed by atoms with van der Waals surface area (Å²) in [7, 11) is 0. The van der Waals surface area contributed by atoms with Crippen molar-refractivity contribution in [2.75, 3.05) is 11.9 Å². The summed E-state index contributed by atoms with van der Waals surface area (Å²) in [6, 6.07) is 2.59. The van der Waals surface area contributed by atoms with E-state index >= 15 is 0 Å². The fraction of sp³-hybridized carbons (Fsp3) is 0.706. The van der Waals surface area contributed by atoms with Crippen molar-refractivity contribution in [1.82, 2.24) is 10.3 Å². The summed E-state index contributed by atoms with van der Waals surface area (Å²) in [4.78, 5) is 4.25. The normalized spacial score (nSPS) is 11.9. The zero-order valence-electron chi connectivity index (χ0n) is 13.9. The Morgan fingerprint density at radius 1 is 1.05 bits per heavy atom. The van der Waals surface area contributed by atoms with Crippen LogP contribution in [0.4, 0.5) is 5.69 Å². The first kappa shape index (κ1) is 17.0. The highest BCUT2D eigenvalue weighted by molar-refractivity contribution is 5.48. The number of pyridine rings is 1. The molecule has 1 aromatic heterocycles. The van der Waals surface area contributed by atoms with Crippen LogP contribution in [0.5, 0.6) is 0 Å². The molecule has 0 fully saturated rings. The van der Waals surface area contributed by atoms with Gasteiger partial charge in [0.15, 0.2) is 0 Å². The molecule has 0 radical (unpaired) electrons. The Balaban J connectivity index is 2.67.